The Bertz CT molecular complexity index is 418. The predicted molar refractivity (Wildman–Crippen MR) is 59.6 cm³/mol. The van der Waals surface area contributed by atoms with Gasteiger partial charge in [0, 0.05) is 12.3 Å². The molecule has 0 fully saturated rings. The Morgan fingerprint density at radius 1 is 1.73 bits per heavy atom. The number of methoxy groups -OCH3 is 1. The summed E-state index contributed by atoms with van der Waals surface area (Å²) in [6.07, 6.45) is 3.81. The average Bonchev–Trinajstić information content (AvgIpc) is 2.20. The Balaban J connectivity index is 3.23. The molecule has 0 atom stereocenters. The van der Waals surface area contributed by atoms with Gasteiger partial charge in [0.2, 0.25) is 5.88 Å². The van der Waals surface area contributed by atoms with E-state index in [1.807, 2.05) is 0 Å². The van der Waals surface area contributed by atoms with Gasteiger partial charge >= 0.3 is 5.97 Å². The van der Waals surface area contributed by atoms with E-state index >= 15 is 0 Å². The van der Waals surface area contributed by atoms with Gasteiger partial charge in [0.25, 0.3) is 0 Å². The van der Waals surface area contributed by atoms with Gasteiger partial charge in [-0.25, -0.2) is 9.78 Å². The van der Waals surface area contributed by atoms with Gasteiger partial charge < -0.3 is 15.6 Å². The number of nitrogens with two attached hydrogens (primary N) is 1. The van der Waals surface area contributed by atoms with E-state index in [4.69, 9.17) is 15.6 Å². The molecular weight excluding hydrogens is 264 g/mol. The summed E-state index contributed by atoms with van der Waals surface area (Å²) in [6.45, 7) is 0. The minimum atomic E-state index is -1.06. The summed E-state index contributed by atoms with van der Waals surface area (Å²) in [6, 6.07) is 0. The fourth-order valence-corrected chi connectivity index (χ4v) is 1.29. The molecule has 0 aliphatic heterocycles. The second-order valence-electron chi connectivity index (χ2n) is 2.61. The van der Waals surface area contributed by atoms with Crippen molar-refractivity contribution in [3.8, 4) is 5.88 Å². The van der Waals surface area contributed by atoms with Crippen LogP contribution in [0.15, 0.2) is 16.7 Å². The van der Waals surface area contributed by atoms with E-state index in [1.165, 1.54) is 19.4 Å². The number of carboxylic acid groups (broad SMARTS) is 1. The van der Waals surface area contributed by atoms with Crippen molar-refractivity contribution in [3.05, 3.63) is 22.3 Å². The fourth-order valence-electron chi connectivity index (χ4n) is 0.977. The van der Waals surface area contributed by atoms with Crippen molar-refractivity contribution in [2.24, 2.45) is 0 Å². The maximum absolute atomic E-state index is 10.4. The third-order valence-corrected chi connectivity index (χ3v) is 2.29. The number of ether oxygens (including phenoxy) is 1. The minimum absolute atomic E-state index is 0.285. The van der Waals surface area contributed by atoms with E-state index in [1.54, 1.807) is 0 Å². The highest BCUT2D eigenvalue weighted by molar-refractivity contribution is 9.10. The predicted octanol–water partition coefficient (Wildman–Crippen LogP) is 1.53. The van der Waals surface area contributed by atoms with E-state index in [0.717, 1.165) is 6.08 Å². The largest absolute Gasteiger partial charge is 0.481 e. The van der Waals surface area contributed by atoms with Gasteiger partial charge in [0.05, 0.1) is 22.8 Å². The summed E-state index contributed by atoms with van der Waals surface area (Å²) in [5.74, 6) is -0.773. The molecule has 0 spiro atoms. The van der Waals surface area contributed by atoms with Crippen molar-refractivity contribution in [2.75, 3.05) is 12.8 Å². The molecule has 0 radical (unpaired) electrons. The van der Waals surface area contributed by atoms with Gasteiger partial charge in [-0.05, 0) is 22.0 Å². The van der Waals surface area contributed by atoms with Crippen LogP contribution in [0.4, 0.5) is 5.69 Å². The maximum Gasteiger partial charge on any atom is 0.328 e. The van der Waals surface area contributed by atoms with Gasteiger partial charge in [-0.3, -0.25) is 0 Å². The number of aromatic nitrogens is 1. The minimum Gasteiger partial charge on any atom is -0.481 e. The molecule has 0 saturated carbocycles. The monoisotopic (exact) mass is 272 g/mol. The zero-order valence-corrected chi connectivity index (χ0v) is 9.48. The standard InChI is InChI=1S/C9H9BrN2O3/c1-15-9-5(2-3-7(13)14)8(11)6(10)4-12-9/h2-4H,1H3,(H2,11,12)(H,13,14). The zero-order valence-electron chi connectivity index (χ0n) is 7.90. The van der Waals surface area contributed by atoms with E-state index in [2.05, 4.69) is 20.9 Å². The zero-order chi connectivity index (χ0) is 11.4. The van der Waals surface area contributed by atoms with Crippen LogP contribution in [0.3, 0.4) is 0 Å². The van der Waals surface area contributed by atoms with Crippen molar-refractivity contribution < 1.29 is 14.6 Å². The fraction of sp³-hybridized carbons (Fsp3) is 0.111. The van der Waals surface area contributed by atoms with Crippen molar-refractivity contribution in [2.45, 2.75) is 0 Å². The molecule has 5 nitrogen and oxygen atoms in total. The number of aliphatic carboxylic acids is 1. The highest BCUT2D eigenvalue weighted by Gasteiger charge is 2.09. The molecular formula is C9H9BrN2O3. The lowest BCUT2D eigenvalue weighted by Gasteiger charge is -2.07. The van der Waals surface area contributed by atoms with Crippen LogP contribution in [0.2, 0.25) is 0 Å². The lowest BCUT2D eigenvalue weighted by atomic mass is 10.2. The van der Waals surface area contributed by atoms with Crippen LogP contribution < -0.4 is 10.5 Å². The lowest BCUT2D eigenvalue weighted by molar-refractivity contribution is -0.131. The molecule has 3 N–H and O–H groups in total. The highest BCUT2D eigenvalue weighted by atomic mass is 79.9. The molecule has 1 rings (SSSR count). The first-order valence-corrected chi connectivity index (χ1v) is 4.74. The van der Waals surface area contributed by atoms with Gasteiger partial charge in [-0.2, -0.15) is 0 Å². The van der Waals surface area contributed by atoms with Crippen molar-refractivity contribution in [3.63, 3.8) is 0 Å². The first kappa shape index (κ1) is 11.5. The number of pyridine rings is 1. The van der Waals surface area contributed by atoms with Gasteiger partial charge in [0.1, 0.15) is 0 Å². The van der Waals surface area contributed by atoms with Crippen molar-refractivity contribution >= 4 is 33.7 Å². The molecule has 1 heterocycles. The maximum atomic E-state index is 10.4. The SMILES string of the molecule is COc1ncc(Br)c(N)c1C=CC(=O)O. The van der Waals surface area contributed by atoms with E-state index in [0.29, 0.717) is 15.7 Å². The summed E-state index contributed by atoms with van der Waals surface area (Å²) < 4.78 is 5.55. The molecule has 80 valence electrons. The van der Waals surface area contributed by atoms with Crippen LogP contribution in [0.25, 0.3) is 6.08 Å². The normalized spacial score (nSPS) is 10.5. The molecule has 0 amide bonds. The van der Waals surface area contributed by atoms with Crippen molar-refractivity contribution in [1.29, 1.82) is 0 Å². The number of carboxylic acids is 1. The van der Waals surface area contributed by atoms with E-state index < -0.39 is 5.97 Å². The van der Waals surface area contributed by atoms with Crippen LogP contribution in [0.5, 0.6) is 5.88 Å². The first-order chi connectivity index (χ1) is 7.06. The summed E-state index contributed by atoms with van der Waals surface area (Å²) in [5, 5.41) is 8.50. The number of hydrogen-bond acceptors (Lipinski definition) is 4. The first-order valence-electron chi connectivity index (χ1n) is 3.95. The Labute approximate surface area is 94.7 Å². The van der Waals surface area contributed by atoms with Crippen LogP contribution in [0.1, 0.15) is 5.56 Å². The number of hydrogen-bond donors (Lipinski definition) is 2. The molecule has 0 aliphatic carbocycles. The molecule has 0 saturated heterocycles. The Kier molecular flexibility index (Phi) is 3.68. The van der Waals surface area contributed by atoms with Crippen LogP contribution in [-0.4, -0.2) is 23.2 Å². The number of anilines is 1. The summed E-state index contributed by atoms with van der Waals surface area (Å²) in [7, 11) is 1.44. The summed E-state index contributed by atoms with van der Waals surface area (Å²) in [5.41, 5.74) is 6.56. The Morgan fingerprint density at radius 3 is 2.93 bits per heavy atom. The topological polar surface area (TPSA) is 85.4 Å². The number of nitrogen functional groups attached to an aromatic ring is 1. The molecule has 0 unspecified atom stereocenters. The second kappa shape index (κ2) is 4.79. The molecule has 0 aromatic carbocycles. The molecule has 6 heteroatoms. The van der Waals surface area contributed by atoms with Gasteiger partial charge in [-0.15, -0.1) is 0 Å². The number of halogens is 1. The van der Waals surface area contributed by atoms with E-state index in [9.17, 15) is 4.79 Å². The molecule has 0 aliphatic rings. The smallest absolute Gasteiger partial charge is 0.328 e. The number of nitrogens with zero attached hydrogens (tertiary/aromatic N) is 1. The number of carbonyl (C=O) groups is 1. The van der Waals surface area contributed by atoms with E-state index in [-0.39, 0.29) is 5.88 Å². The van der Waals surface area contributed by atoms with Crippen LogP contribution >= 0.6 is 15.9 Å². The van der Waals surface area contributed by atoms with Gasteiger partial charge in [-0.1, -0.05) is 0 Å². The van der Waals surface area contributed by atoms with Crippen molar-refractivity contribution in [1.82, 2.24) is 4.98 Å². The second-order valence-corrected chi connectivity index (χ2v) is 3.47. The van der Waals surface area contributed by atoms with Crippen LogP contribution in [0, 0.1) is 0 Å². The molecule has 15 heavy (non-hydrogen) atoms. The summed E-state index contributed by atoms with van der Waals surface area (Å²) >= 11 is 3.19. The number of rotatable bonds is 3. The highest BCUT2D eigenvalue weighted by Crippen LogP contribution is 2.29. The molecule has 0 bridgehead atoms. The summed E-state index contributed by atoms with van der Waals surface area (Å²) in [4.78, 5) is 14.3. The van der Waals surface area contributed by atoms with Crippen LogP contribution in [-0.2, 0) is 4.79 Å². The molecule has 1 aromatic heterocycles. The van der Waals surface area contributed by atoms with Gasteiger partial charge in [0.15, 0.2) is 0 Å². The quantitative estimate of drug-likeness (QED) is 0.816. The third-order valence-electron chi connectivity index (χ3n) is 1.66. The lowest BCUT2D eigenvalue weighted by Crippen LogP contribution is -1.98. The Morgan fingerprint density at radius 2 is 2.40 bits per heavy atom. The Hall–Kier alpha value is -1.56. The third kappa shape index (κ3) is 2.69. The molecule has 1 aromatic rings. The average molecular weight is 273 g/mol.